The molecule has 3 rings (SSSR count). The van der Waals surface area contributed by atoms with Crippen molar-refractivity contribution in [3.63, 3.8) is 0 Å². The largest absolute Gasteiger partial charge is 0.496 e. The van der Waals surface area contributed by atoms with Crippen molar-refractivity contribution in [3.05, 3.63) is 43.4 Å². The molecule has 2 aromatic carbocycles. The lowest BCUT2D eigenvalue weighted by molar-refractivity contribution is 0.102. The molecule has 0 saturated carbocycles. The summed E-state index contributed by atoms with van der Waals surface area (Å²) >= 11 is 14.4. The molecular weight excluding hydrogens is 468 g/mol. The van der Waals surface area contributed by atoms with Crippen LogP contribution in [0.4, 0.5) is 5.69 Å². The van der Waals surface area contributed by atoms with Gasteiger partial charge in [0, 0.05) is 15.7 Å². The Morgan fingerprint density at radius 3 is 2.46 bits per heavy atom. The van der Waals surface area contributed by atoms with Crippen LogP contribution in [0.25, 0.3) is 0 Å². The predicted molar refractivity (Wildman–Crippen MR) is 101 cm³/mol. The van der Waals surface area contributed by atoms with Gasteiger partial charge in [0.1, 0.15) is 19.0 Å². The number of amides is 1. The number of anilines is 1. The Hall–Kier alpha value is -1.38. The molecule has 126 valence electrons. The van der Waals surface area contributed by atoms with Crippen LogP contribution in [-0.4, -0.2) is 26.2 Å². The van der Waals surface area contributed by atoms with Gasteiger partial charge >= 0.3 is 0 Å². The molecule has 0 aromatic heterocycles. The monoisotopic (exact) mass is 479 g/mol. The average molecular weight is 480 g/mol. The first-order valence-corrected chi connectivity index (χ1v) is 8.76. The van der Waals surface area contributed by atoms with Crippen molar-refractivity contribution in [1.82, 2.24) is 0 Å². The predicted octanol–water partition coefficient (Wildman–Crippen LogP) is 4.63. The Labute approximate surface area is 162 Å². The zero-order chi connectivity index (χ0) is 17.3. The summed E-state index contributed by atoms with van der Waals surface area (Å²) in [6.45, 7) is 0.913. The molecule has 1 heterocycles. The minimum atomic E-state index is -0.385. The number of ether oxygens (including phenoxy) is 3. The number of fused-ring (bicyclic) bond motifs is 1. The minimum Gasteiger partial charge on any atom is -0.496 e. The Balaban J connectivity index is 1.92. The maximum Gasteiger partial charge on any atom is 0.259 e. The van der Waals surface area contributed by atoms with Crippen LogP contribution >= 0.6 is 45.8 Å². The maximum atomic E-state index is 12.6. The van der Waals surface area contributed by atoms with Gasteiger partial charge in [-0.1, -0.05) is 23.2 Å². The normalized spacial score (nSPS) is 12.7. The van der Waals surface area contributed by atoms with E-state index in [0.717, 1.165) is 3.57 Å². The van der Waals surface area contributed by atoms with E-state index < -0.39 is 0 Å². The van der Waals surface area contributed by atoms with E-state index in [1.54, 1.807) is 24.3 Å². The Morgan fingerprint density at radius 1 is 1.12 bits per heavy atom. The molecule has 1 N–H and O–H groups in total. The maximum absolute atomic E-state index is 12.6. The van der Waals surface area contributed by atoms with Crippen LogP contribution in [0.1, 0.15) is 10.4 Å². The summed E-state index contributed by atoms with van der Waals surface area (Å²) in [5.41, 5.74) is 0.733. The smallest absolute Gasteiger partial charge is 0.259 e. The van der Waals surface area contributed by atoms with Gasteiger partial charge in [0.25, 0.3) is 5.91 Å². The highest BCUT2D eigenvalue weighted by Crippen LogP contribution is 2.38. The van der Waals surface area contributed by atoms with E-state index in [1.807, 2.05) is 0 Å². The van der Waals surface area contributed by atoms with Crippen LogP contribution in [0, 0.1) is 3.57 Å². The number of hydrogen-bond donors (Lipinski definition) is 1. The number of halogens is 3. The SMILES string of the molecule is COc1cc(I)c(Cl)cc1C(=O)Nc1cc2c(cc1Cl)OCCO2. The first-order chi connectivity index (χ1) is 11.5. The molecule has 1 aliphatic rings. The highest BCUT2D eigenvalue weighted by atomic mass is 127. The van der Waals surface area contributed by atoms with E-state index in [-0.39, 0.29) is 5.91 Å². The molecule has 0 radical (unpaired) electrons. The van der Waals surface area contributed by atoms with Crippen molar-refractivity contribution < 1.29 is 19.0 Å². The summed E-state index contributed by atoms with van der Waals surface area (Å²) in [7, 11) is 1.49. The fourth-order valence-corrected chi connectivity index (χ4v) is 3.03. The van der Waals surface area contributed by atoms with Gasteiger partial charge < -0.3 is 19.5 Å². The first kappa shape index (κ1) is 17.4. The van der Waals surface area contributed by atoms with Gasteiger partial charge in [-0.05, 0) is 34.7 Å². The minimum absolute atomic E-state index is 0.314. The summed E-state index contributed by atoms with van der Waals surface area (Å²) in [5.74, 6) is 1.13. The Bertz CT molecular complexity index is 813. The second-order valence-electron chi connectivity index (χ2n) is 4.90. The number of carbonyl (C=O) groups is 1. The fourth-order valence-electron chi connectivity index (χ4n) is 2.22. The molecule has 1 amide bonds. The standard InChI is InChI=1S/C16H12Cl2INO4/c1-22-13-6-11(19)9(17)4-8(13)16(21)20-12-7-15-14(5-10(12)18)23-2-3-24-15/h4-7H,2-3H2,1H3,(H,20,21). The highest BCUT2D eigenvalue weighted by molar-refractivity contribution is 14.1. The van der Waals surface area contributed by atoms with Gasteiger partial charge in [-0.3, -0.25) is 4.79 Å². The second kappa shape index (κ2) is 7.25. The zero-order valence-corrected chi connectivity index (χ0v) is 16.2. The van der Waals surface area contributed by atoms with Gasteiger partial charge in [0.05, 0.1) is 28.4 Å². The van der Waals surface area contributed by atoms with Crippen LogP contribution in [0.5, 0.6) is 17.2 Å². The third kappa shape index (κ3) is 3.50. The number of rotatable bonds is 3. The molecule has 0 aliphatic carbocycles. The summed E-state index contributed by atoms with van der Waals surface area (Å²) in [6, 6.07) is 6.51. The molecule has 1 aliphatic heterocycles. The van der Waals surface area contributed by atoms with Crippen LogP contribution in [-0.2, 0) is 0 Å². The van der Waals surface area contributed by atoms with Gasteiger partial charge in [0.2, 0.25) is 0 Å². The number of methoxy groups -OCH3 is 1. The van der Waals surface area contributed by atoms with Crippen molar-refractivity contribution >= 4 is 57.4 Å². The van der Waals surface area contributed by atoms with Crippen LogP contribution < -0.4 is 19.5 Å². The first-order valence-electron chi connectivity index (χ1n) is 6.93. The highest BCUT2D eigenvalue weighted by Gasteiger charge is 2.19. The summed E-state index contributed by atoms with van der Waals surface area (Å²) in [4.78, 5) is 12.6. The summed E-state index contributed by atoms with van der Waals surface area (Å²) in [6.07, 6.45) is 0. The number of hydrogen-bond acceptors (Lipinski definition) is 4. The van der Waals surface area contributed by atoms with Crippen molar-refractivity contribution in [2.45, 2.75) is 0 Å². The van der Waals surface area contributed by atoms with Crippen molar-refractivity contribution in [2.75, 3.05) is 25.6 Å². The fraction of sp³-hybridized carbons (Fsp3) is 0.188. The third-order valence-corrected chi connectivity index (χ3v) is 5.20. The second-order valence-corrected chi connectivity index (χ2v) is 6.87. The quantitative estimate of drug-likeness (QED) is 0.652. The molecule has 8 heteroatoms. The molecule has 0 spiro atoms. The van der Waals surface area contributed by atoms with Gasteiger partial charge in [-0.25, -0.2) is 0 Å². The molecule has 2 aromatic rings. The van der Waals surface area contributed by atoms with E-state index in [4.69, 9.17) is 37.4 Å². The molecule has 0 saturated heterocycles. The lowest BCUT2D eigenvalue weighted by Gasteiger charge is -2.20. The van der Waals surface area contributed by atoms with E-state index >= 15 is 0 Å². The van der Waals surface area contributed by atoms with E-state index in [2.05, 4.69) is 27.9 Å². The summed E-state index contributed by atoms with van der Waals surface area (Å²) < 4.78 is 17.0. The molecule has 0 atom stereocenters. The van der Waals surface area contributed by atoms with Crippen molar-refractivity contribution in [2.24, 2.45) is 0 Å². The lowest BCUT2D eigenvalue weighted by atomic mass is 10.1. The molecule has 0 unspecified atom stereocenters. The van der Waals surface area contributed by atoms with E-state index in [0.29, 0.717) is 51.8 Å². The molecule has 0 bridgehead atoms. The number of benzene rings is 2. The van der Waals surface area contributed by atoms with Gasteiger partial charge in [0.15, 0.2) is 11.5 Å². The third-order valence-electron chi connectivity index (χ3n) is 3.37. The van der Waals surface area contributed by atoms with Gasteiger partial charge in [-0.2, -0.15) is 0 Å². The molecule has 24 heavy (non-hydrogen) atoms. The van der Waals surface area contributed by atoms with Crippen LogP contribution in [0.15, 0.2) is 24.3 Å². The van der Waals surface area contributed by atoms with Crippen molar-refractivity contribution in [1.29, 1.82) is 0 Å². The number of carbonyl (C=O) groups excluding carboxylic acids is 1. The lowest BCUT2D eigenvalue weighted by Crippen LogP contribution is -2.17. The number of nitrogens with one attached hydrogen (secondary N) is 1. The van der Waals surface area contributed by atoms with Crippen LogP contribution in [0.2, 0.25) is 10.0 Å². The topological polar surface area (TPSA) is 56.8 Å². The van der Waals surface area contributed by atoms with Gasteiger partial charge in [-0.15, -0.1) is 0 Å². The van der Waals surface area contributed by atoms with E-state index in [1.165, 1.54) is 7.11 Å². The van der Waals surface area contributed by atoms with Crippen LogP contribution in [0.3, 0.4) is 0 Å². The zero-order valence-electron chi connectivity index (χ0n) is 12.5. The molecular formula is C16H12Cl2INO4. The summed E-state index contributed by atoms with van der Waals surface area (Å²) in [5, 5.41) is 3.57. The molecule has 5 nitrogen and oxygen atoms in total. The van der Waals surface area contributed by atoms with Crippen molar-refractivity contribution in [3.8, 4) is 17.2 Å². The average Bonchev–Trinajstić information content (AvgIpc) is 2.57. The molecule has 0 fully saturated rings. The Morgan fingerprint density at radius 2 is 1.79 bits per heavy atom. The Kier molecular flexibility index (Phi) is 5.27. The van der Waals surface area contributed by atoms with E-state index in [9.17, 15) is 4.79 Å².